The third-order valence-corrected chi connectivity index (χ3v) is 6.08. The molecule has 1 fully saturated rings. The van der Waals surface area contributed by atoms with E-state index in [9.17, 15) is 4.79 Å². The molecule has 1 N–H and O–H groups in total. The molecule has 5 nitrogen and oxygen atoms in total. The fourth-order valence-corrected chi connectivity index (χ4v) is 4.47. The van der Waals surface area contributed by atoms with Crippen molar-refractivity contribution < 1.29 is 9.53 Å². The predicted octanol–water partition coefficient (Wildman–Crippen LogP) is 4.41. The Bertz CT molecular complexity index is 879. The van der Waals surface area contributed by atoms with Gasteiger partial charge in [-0.25, -0.2) is 0 Å². The second-order valence-electron chi connectivity index (χ2n) is 6.11. The Kier molecular flexibility index (Phi) is 6.13. The van der Waals surface area contributed by atoms with E-state index in [1.807, 2.05) is 72.9 Å². The van der Waals surface area contributed by atoms with Crippen molar-refractivity contribution in [1.82, 2.24) is 4.90 Å². The number of anilines is 1. The average molecular weight is 400 g/mol. The van der Waals surface area contributed by atoms with Crippen LogP contribution >= 0.6 is 23.5 Å². The standard InChI is InChI=1S/C20H21N3O2S2/c1-22(2)16-6-4-5-7-17(16)26-13-18-19(24)23(20(21)27-18)12-14-8-10-15(25-3)11-9-14/h4-11,13,21H,12H2,1-3H3/b18-13-,21-20?. The van der Waals surface area contributed by atoms with E-state index >= 15 is 0 Å². The highest BCUT2D eigenvalue weighted by atomic mass is 32.2. The number of carbonyl (C=O) groups is 1. The van der Waals surface area contributed by atoms with Crippen molar-refractivity contribution in [3.63, 3.8) is 0 Å². The van der Waals surface area contributed by atoms with Crippen molar-refractivity contribution in [2.45, 2.75) is 11.4 Å². The van der Waals surface area contributed by atoms with Crippen LogP contribution in [0.2, 0.25) is 0 Å². The Morgan fingerprint density at radius 1 is 1.19 bits per heavy atom. The van der Waals surface area contributed by atoms with Gasteiger partial charge in [-0.3, -0.25) is 15.1 Å². The van der Waals surface area contributed by atoms with Gasteiger partial charge in [-0.2, -0.15) is 0 Å². The summed E-state index contributed by atoms with van der Waals surface area (Å²) in [5.74, 6) is 0.642. The van der Waals surface area contributed by atoms with E-state index in [1.165, 1.54) is 28.4 Å². The lowest BCUT2D eigenvalue weighted by Crippen LogP contribution is -2.27. The van der Waals surface area contributed by atoms with Gasteiger partial charge in [0.05, 0.1) is 24.2 Å². The Balaban J connectivity index is 1.72. The van der Waals surface area contributed by atoms with Crippen LogP contribution in [0.1, 0.15) is 5.56 Å². The van der Waals surface area contributed by atoms with Crippen LogP contribution in [0.4, 0.5) is 5.69 Å². The highest BCUT2D eigenvalue weighted by Gasteiger charge is 2.32. The van der Waals surface area contributed by atoms with Gasteiger partial charge in [-0.1, -0.05) is 36.0 Å². The summed E-state index contributed by atoms with van der Waals surface area (Å²) in [6.45, 7) is 0.380. The van der Waals surface area contributed by atoms with E-state index < -0.39 is 0 Å². The molecule has 0 bridgehead atoms. The normalized spacial score (nSPS) is 15.5. The molecule has 0 aromatic heterocycles. The zero-order chi connectivity index (χ0) is 19.4. The fourth-order valence-electron chi connectivity index (χ4n) is 2.60. The highest BCUT2D eigenvalue weighted by Crippen LogP contribution is 2.37. The first kappa shape index (κ1) is 19.4. The van der Waals surface area contributed by atoms with Crippen molar-refractivity contribution in [3.05, 3.63) is 64.4 Å². The summed E-state index contributed by atoms with van der Waals surface area (Å²) >= 11 is 2.71. The lowest BCUT2D eigenvalue weighted by atomic mass is 10.2. The van der Waals surface area contributed by atoms with Gasteiger partial charge in [0.2, 0.25) is 0 Å². The minimum Gasteiger partial charge on any atom is -0.497 e. The third-order valence-electron chi connectivity index (χ3n) is 4.05. The molecule has 1 heterocycles. The summed E-state index contributed by atoms with van der Waals surface area (Å²) < 4.78 is 5.16. The van der Waals surface area contributed by atoms with Crippen molar-refractivity contribution in [1.29, 1.82) is 5.41 Å². The number of hydrogen-bond acceptors (Lipinski definition) is 6. The number of amides is 1. The first-order valence-corrected chi connectivity index (χ1v) is 10.0. The van der Waals surface area contributed by atoms with Crippen LogP contribution in [-0.2, 0) is 11.3 Å². The molecule has 0 saturated carbocycles. The second kappa shape index (κ2) is 8.54. The quantitative estimate of drug-likeness (QED) is 0.576. The number of carbonyl (C=O) groups excluding carboxylic acids is 1. The largest absolute Gasteiger partial charge is 0.497 e. The van der Waals surface area contributed by atoms with Gasteiger partial charge >= 0.3 is 0 Å². The number of ether oxygens (including phenoxy) is 1. The highest BCUT2D eigenvalue weighted by molar-refractivity contribution is 8.19. The molecule has 2 aromatic carbocycles. The summed E-state index contributed by atoms with van der Waals surface area (Å²) in [6.07, 6.45) is 0. The van der Waals surface area contributed by atoms with Gasteiger partial charge < -0.3 is 9.64 Å². The lowest BCUT2D eigenvalue weighted by molar-refractivity contribution is -0.122. The Hall–Kier alpha value is -2.38. The van der Waals surface area contributed by atoms with Crippen molar-refractivity contribution in [2.75, 3.05) is 26.1 Å². The zero-order valence-electron chi connectivity index (χ0n) is 15.4. The number of hydrogen-bond donors (Lipinski definition) is 1. The summed E-state index contributed by atoms with van der Waals surface area (Å²) in [7, 11) is 5.61. The Morgan fingerprint density at radius 2 is 1.89 bits per heavy atom. The molecule has 2 aromatic rings. The van der Waals surface area contributed by atoms with Crippen molar-refractivity contribution in [2.24, 2.45) is 0 Å². The van der Waals surface area contributed by atoms with Gasteiger partial charge in [0.1, 0.15) is 5.75 Å². The molecule has 0 spiro atoms. The van der Waals surface area contributed by atoms with Crippen LogP contribution in [0, 0.1) is 5.41 Å². The molecule has 1 amide bonds. The molecule has 140 valence electrons. The van der Waals surface area contributed by atoms with Crippen LogP contribution in [0.15, 0.2) is 63.7 Å². The summed E-state index contributed by atoms with van der Waals surface area (Å²) in [4.78, 5) is 17.9. The summed E-state index contributed by atoms with van der Waals surface area (Å²) in [5.41, 5.74) is 2.06. The molecule has 0 aliphatic carbocycles. The van der Waals surface area contributed by atoms with E-state index in [1.54, 1.807) is 7.11 Å². The molecule has 1 aliphatic rings. The third kappa shape index (κ3) is 4.48. The monoisotopic (exact) mass is 399 g/mol. The molecule has 1 saturated heterocycles. The number of thioether (sulfide) groups is 2. The van der Waals surface area contributed by atoms with E-state index in [-0.39, 0.29) is 11.1 Å². The van der Waals surface area contributed by atoms with Gasteiger partial charge in [0.25, 0.3) is 5.91 Å². The Morgan fingerprint density at radius 3 is 2.56 bits per heavy atom. The van der Waals surface area contributed by atoms with E-state index in [0.717, 1.165) is 21.9 Å². The minimum atomic E-state index is -0.129. The fraction of sp³-hybridized carbons (Fsp3) is 0.200. The van der Waals surface area contributed by atoms with Gasteiger partial charge in [-0.05, 0) is 47.0 Å². The summed E-state index contributed by atoms with van der Waals surface area (Å²) in [6, 6.07) is 15.6. The van der Waals surface area contributed by atoms with E-state index in [4.69, 9.17) is 10.1 Å². The maximum absolute atomic E-state index is 12.7. The number of nitrogens with one attached hydrogen (secondary N) is 1. The molecular weight excluding hydrogens is 378 g/mol. The smallest absolute Gasteiger partial charge is 0.267 e. The molecule has 27 heavy (non-hydrogen) atoms. The second-order valence-corrected chi connectivity index (χ2v) is 8.05. The molecule has 0 unspecified atom stereocenters. The molecule has 0 atom stereocenters. The molecule has 7 heteroatoms. The average Bonchev–Trinajstić information content (AvgIpc) is 2.94. The van der Waals surface area contributed by atoms with Crippen LogP contribution in [0.5, 0.6) is 5.75 Å². The number of benzene rings is 2. The summed E-state index contributed by atoms with van der Waals surface area (Å²) in [5, 5.41) is 10.3. The van der Waals surface area contributed by atoms with Crippen LogP contribution < -0.4 is 9.64 Å². The first-order valence-electron chi connectivity index (χ1n) is 8.34. The molecule has 3 rings (SSSR count). The van der Waals surface area contributed by atoms with Crippen molar-refractivity contribution >= 4 is 40.3 Å². The molecule has 1 aliphatic heterocycles. The number of para-hydroxylation sites is 1. The maximum Gasteiger partial charge on any atom is 0.267 e. The molecular formula is C20H21N3O2S2. The topological polar surface area (TPSA) is 56.6 Å². The van der Waals surface area contributed by atoms with Gasteiger partial charge in [-0.15, -0.1) is 0 Å². The van der Waals surface area contributed by atoms with Crippen LogP contribution in [0.25, 0.3) is 0 Å². The van der Waals surface area contributed by atoms with Gasteiger partial charge in [0, 0.05) is 19.0 Å². The van der Waals surface area contributed by atoms with E-state index in [0.29, 0.717) is 11.4 Å². The molecule has 0 radical (unpaired) electrons. The van der Waals surface area contributed by atoms with E-state index in [2.05, 4.69) is 0 Å². The number of amidine groups is 1. The van der Waals surface area contributed by atoms with Crippen molar-refractivity contribution in [3.8, 4) is 5.75 Å². The van der Waals surface area contributed by atoms with Gasteiger partial charge in [0.15, 0.2) is 5.17 Å². The number of methoxy groups -OCH3 is 1. The SMILES string of the molecule is COc1ccc(CN2C(=N)S/C(=C\Sc3ccccc3N(C)C)C2=O)cc1. The number of rotatable bonds is 6. The number of nitrogens with zero attached hydrogens (tertiary/aromatic N) is 2. The Labute approximate surface area is 167 Å². The lowest BCUT2D eigenvalue weighted by Gasteiger charge is -2.16. The van der Waals surface area contributed by atoms with Crippen LogP contribution in [-0.4, -0.2) is 37.2 Å². The minimum absolute atomic E-state index is 0.129. The zero-order valence-corrected chi connectivity index (χ0v) is 17.1. The first-order chi connectivity index (χ1) is 13.0. The van der Waals surface area contributed by atoms with Crippen LogP contribution in [0.3, 0.4) is 0 Å². The predicted molar refractivity (Wildman–Crippen MR) is 114 cm³/mol. The maximum atomic E-state index is 12.7.